The maximum Gasteiger partial charge on any atom is 0.247 e. The highest BCUT2D eigenvalue weighted by molar-refractivity contribution is 6.43. The summed E-state index contributed by atoms with van der Waals surface area (Å²) in [7, 11) is 0.0815. The molecule has 24 heavy (non-hydrogen) atoms. The van der Waals surface area contributed by atoms with Gasteiger partial charge in [0.25, 0.3) is 0 Å². The van der Waals surface area contributed by atoms with Crippen LogP contribution in [0, 0.1) is 0 Å². The third kappa shape index (κ3) is 11.2. The summed E-state index contributed by atoms with van der Waals surface area (Å²) in [4.78, 5) is 0. The molecule has 0 N–H and O–H groups in total. The summed E-state index contributed by atoms with van der Waals surface area (Å²) < 4.78 is 5.43. The third-order valence-electron chi connectivity index (χ3n) is 4.14. The fraction of sp³-hybridized carbons (Fsp3) is 0.600. The van der Waals surface area contributed by atoms with Gasteiger partial charge in [-0.3, -0.25) is 0 Å². The van der Waals surface area contributed by atoms with E-state index in [1.165, 1.54) is 62.1 Å². The Morgan fingerprint density at radius 2 is 1.62 bits per heavy atom. The number of unbranched alkanes of at least 4 members (excludes halogenated alkanes) is 6. The Bertz CT molecular complexity index is 470. The van der Waals surface area contributed by atoms with Crippen molar-refractivity contribution in [3.05, 3.63) is 41.1 Å². The number of benzene rings is 1. The molecule has 0 bridgehead atoms. The lowest BCUT2D eigenvalue weighted by atomic mass is 10.0. The van der Waals surface area contributed by atoms with Gasteiger partial charge in [-0.1, -0.05) is 91.5 Å². The molecular formula is C20H32Cl2OSi. The Morgan fingerprint density at radius 3 is 2.29 bits per heavy atom. The van der Waals surface area contributed by atoms with E-state index in [4.69, 9.17) is 27.9 Å². The Hall–Kier alpha value is -0.443. The van der Waals surface area contributed by atoms with Crippen LogP contribution in [0.25, 0.3) is 0 Å². The van der Waals surface area contributed by atoms with Gasteiger partial charge in [0.05, 0.1) is 0 Å². The van der Waals surface area contributed by atoms with E-state index < -0.39 is 5.02 Å². The summed E-state index contributed by atoms with van der Waals surface area (Å²) in [5, 5.41) is -0.800. The average Bonchev–Trinajstić information content (AvgIpc) is 2.53. The second kappa shape index (κ2) is 13.8. The van der Waals surface area contributed by atoms with E-state index in [1.807, 2.05) is 18.2 Å². The number of halogens is 2. The number of ether oxygens (including phenoxy) is 1. The van der Waals surface area contributed by atoms with Gasteiger partial charge in [-0.05, 0) is 38.3 Å². The molecule has 1 aromatic carbocycles. The van der Waals surface area contributed by atoms with Gasteiger partial charge in [0, 0.05) is 9.52 Å². The van der Waals surface area contributed by atoms with Gasteiger partial charge < -0.3 is 4.74 Å². The molecule has 1 rings (SSSR count). The number of alkyl halides is 2. The molecule has 0 aliphatic heterocycles. The lowest BCUT2D eigenvalue weighted by Crippen LogP contribution is -2.02. The summed E-state index contributed by atoms with van der Waals surface area (Å²) in [6.45, 7) is 4.42. The first-order valence-corrected chi connectivity index (χ1v) is 11.9. The number of rotatable bonds is 13. The molecule has 0 atom stereocenters. The Labute approximate surface area is 160 Å². The summed E-state index contributed by atoms with van der Waals surface area (Å²) in [5.74, 6) is 0.813. The second-order valence-corrected chi connectivity index (χ2v) is 9.34. The standard InChI is InChI=1S/C20H32Cl2OSi/c1-17(2)16-24-15-11-7-5-3-4-6-8-12-18-13-9-10-14-19(18)23-20(21)22/h9-10,13-14,16,20H,3-8,11-12,15,24H2,1-2H3. The smallest absolute Gasteiger partial charge is 0.247 e. The molecular weight excluding hydrogens is 355 g/mol. The predicted molar refractivity (Wildman–Crippen MR) is 111 cm³/mol. The lowest BCUT2D eigenvalue weighted by Gasteiger charge is -2.11. The van der Waals surface area contributed by atoms with Gasteiger partial charge >= 0.3 is 0 Å². The Kier molecular flexibility index (Phi) is 12.4. The van der Waals surface area contributed by atoms with Crippen LogP contribution in [-0.4, -0.2) is 14.5 Å². The molecule has 0 radical (unpaired) electrons. The number of hydrogen-bond acceptors (Lipinski definition) is 1. The largest absolute Gasteiger partial charge is 0.460 e. The summed E-state index contributed by atoms with van der Waals surface area (Å²) in [6, 6.07) is 9.51. The fourth-order valence-corrected chi connectivity index (χ4v) is 4.45. The first-order valence-electron chi connectivity index (χ1n) is 9.25. The lowest BCUT2D eigenvalue weighted by molar-refractivity contribution is 0.349. The van der Waals surface area contributed by atoms with Crippen LogP contribution in [0.4, 0.5) is 0 Å². The van der Waals surface area contributed by atoms with E-state index in [2.05, 4.69) is 25.6 Å². The van der Waals surface area contributed by atoms with Gasteiger partial charge in [-0.15, -0.1) is 5.70 Å². The van der Waals surface area contributed by atoms with Crippen molar-refractivity contribution in [1.29, 1.82) is 0 Å². The molecule has 0 aliphatic carbocycles. The van der Waals surface area contributed by atoms with Crippen LogP contribution in [0.1, 0.15) is 64.4 Å². The van der Waals surface area contributed by atoms with E-state index in [1.54, 1.807) is 0 Å². The van der Waals surface area contributed by atoms with Crippen LogP contribution < -0.4 is 4.74 Å². The van der Waals surface area contributed by atoms with Gasteiger partial charge in [-0.2, -0.15) is 0 Å². The summed E-state index contributed by atoms with van der Waals surface area (Å²) in [6.07, 6.45) is 10.4. The van der Waals surface area contributed by atoms with E-state index >= 15 is 0 Å². The molecule has 0 aliphatic rings. The normalized spacial score (nSPS) is 11.4. The van der Waals surface area contributed by atoms with Crippen LogP contribution in [0.2, 0.25) is 6.04 Å². The minimum absolute atomic E-state index is 0.0815. The van der Waals surface area contributed by atoms with E-state index in [0.29, 0.717) is 0 Å². The number of aryl methyl sites for hydroxylation is 1. The molecule has 0 saturated carbocycles. The van der Waals surface area contributed by atoms with Gasteiger partial charge in [-0.25, -0.2) is 0 Å². The zero-order valence-electron chi connectivity index (χ0n) is 15.2. The number of para-hydroxylation sites is 1. The molecule has 0 unspecified atom stereocenters. The average molecular weight is 387 g/mol. The van der Waals surface area contributed by atoms with Gasteiger partial charge in [0.2, 0.25) is 5.02 Å². The molecule has 1 nitrogen and oxygen atoms in total. The van der Waals surface area contributed by atoms with Crippen molar-refractivity contribution in [3.63, 3.8) is 0 Å². The molecule has 0 heterocycles. The molecule has 0 fully saturated rings. The zero-order valence-corrected chi connectivity index (χ0v) is 18.1. The number of allylic oxidation sites excluding steroid dienone is 1. The van der Waals surface area contributed by atoms with Crippen molar-refractivity contribution in [1.82, 2.24) is 0 Å². The monoisotopic (exact) mass is 386 g/mol. The van der Waals surface area contributed by atoms with Crippen LogP contribution >= 0.6 is 23.2 Å². The quantitative estimate of drug-likeness (QED) is 0.210. The molecule has 0 amide bonds. The summed E-state index contributed by atoms with van der Waals surface area (Å²) >= 11 is 11.4. The van der Waals surface area contributed by atoms with Crippen molar-refractivity contribution < 1.29 is 4.74 Å². The minimum atomic E-state index is -0.800. The minimum Gasteiger partial charge on any atom is -0.460 e. The molecule has 4 heteroatoms. The summed E-state index contributed by atoms with van der Waals surface area (Å²) in [5.41, 5.74) is 5.19. The van der Waals surface area contributed by atoms with Crippen LogP contribution in [0.15, 0.2) is 35.5 Å². The number of hydrogen-bond donors (Lipinski definition) is 0. The fourth-order valence-electron chi connectivity index (χ4n) is 2.83. The maximum atomic E-state index is 5.71. The SMILES string of the molecule is CC(C)=C[SiH2]CCCCCCCCCc1ccccc1OC(Cl)Cl. The van der Waals surface area contributed by atoms with Crippen molar-refractivity contribution in [2.45, 2.75) is 76.3 Å². The van der Waals surface area contributed by atoms with Crippen LogP contribution in [0.3, 0.4) is 0 Å². The van der Waals surface area contributed by atoms with Crippen LogP contribution in [-0.2, 0) is 6.42 Å². The maximum absolute atomic E-state index is 5.71. The molecule has 0 saturated heterocycles. The zero-order chi connectivity index (χ0) is 17.6. The first-order chi connectivity index (χ1) is 11.6. The van der Waals surface area contributed by atoms with E-state index in [9.17, 15) is 0 Å². The molecule has 136 valence electrons. The molecule has 0 spiro atoms. The topological polar surface area (TPSA) is 9.23 Å². The van der Waals surface area contributed by atoms with Gasteiger partial charge in [0.1, 0.15) is 5.75 Å². The van der Waals surface area contributed by atoms with Crippen molar-refractivity contribution in [2.24, 2.45) is 0 Å². The van der Waals surface area contributed by atoms with Crippen molar-refractivity contribution in [3.8, 4) is 5.75 Å². The highest BCUT2D eigenvalue weighted by Gasteiger charge is 2.06. The third-order valence-corrected chi connectivity index (χ3v) is 6.33. The Balaban J connectivity index is 2.04. The molecule has 0 aromatic heterocycles. The molecule has 1 aromatic rings. The van der Waals surface area contributed by atoms with Crippen molar-refractivity contribution in [2.75, 3.05) is 0 Å². The van der Waals surface area contributed by atoms with Crippen molar-refractivity contribution >= 4 is 32.7 Å². The highest BCUT2D eigenvalue weighted by Crippen LogP contribution is 2.23. The second-order valence-electron chi connectivity index (χ2n) is 6.63. The first kappa shape index (κ1) is 21.6. The van der Waals surface area contributed by atoms with Gasteiger partial charge in [0.15, 0.2) is 0 Å². The Morgan fingerprint density at radius 1 is 1.00 bits per heavy atom. The van der Waals surface area contributed by atoms with Crippen LogP contribution in [0.5, 0.6) is 5.75 Å². The predicted octanol–water partition coefficient (Wildman–Crippen LogP) is 6.61. The highest BCUT2D eigenvalue weighted by atomic mass is 35.5. The van der Waals surface area contributed by atoms with E-state index in [0.717, 1.165) is 12.2 Å². The van der Waals surface area contributed by atoms with E-state index in [-0.39, 0.29) is 9.52 Å².